The van der Waals surface area contributed by atoms with Crippen molar-refractivity contribution in [1.29, 1.82) is 0 Å². The van der Waals surface area contributed by atoms with Crippen LogP contribution in [-0.4, -0.2) is 41.0 Å². The fourth-order valence-electron chi connectivity index (χ4n) is 2.50. The summed E-state index contributed by atoms with van der Waals surface area (Å²) >= 11 is 0. The molecule has 0 atom stereocenters. The van der Waals surface area contributed by atoms with Gasteiger partial charge in [-0.1, -0.05) is 0 Å². The van der Waals surface area contributed by atoms with Crippen LogP contribution in [0.3, 0.4) is 0 Å². The molecule has 0 spiro atoms. The number of carbonyl (C=O) groups excluding carboxylic acids is 2. The van der Waals surface area contributed by atoms with Crippen molar-refractivity contribution in [1.82, 2.24) is 4.98 Å². The topological polar surface area (TPSA) is 126 Å². The lowest BCUT2D eigenvalue weighted by molar-refractivity contribution is -0.138. The van der Waals surface area contributed by atoms with Crippen molar-refractivity contribution in [2.45, 2.75) is 25.7 Å². The highest BCUT2D eigenvalue weighted by Gasteiger charge is 2.23. The van der Waals surface area contributed by atoms with Crippen LogP contribution in [0.25, 0.3) is 0 Å². The molecule has 1 saturated heterocycles. The van der Waals surface area contributed by atoms with E-state index in [4.69, 9.17) is 10.8 Å². The Balaban J connectivity index is 1.86. The summed E-state index contributed by atoms with van der Waals surface area (Å²) < 4.78 is 0. The van der Waals surface area contributed by atoms with Crippen molar-refractivity contribution in [3.05, 3.63) is 18.3 Å². The van der Waals surface area contributed by atoms with Gasteiger partial charge in [0.1, 0.15) is 5.82 Å². The van der Waals surface area contributed by atoms with E-state index in [2.05, 4.69) is 15.2 Å². The van der Waals surface area contributed by atoms with Crippen LogP contribution in [-0.2, 0) is 14.4 Å². The molecule has 1 aliphatic rings. The Morgan fingerprint density at radius 2 is 1.96 bits per heavy atom. The quantitative estimate of drug-likeness (QED) is 0.704. The van der Waals surface area contributed by atoms with Gasteiger partial charge in [0.2, 0.25) is 11.8 Å². The predicted molar refractivity (Wildman–Crippen MR) is 83.9 cm³/mol. The number of aromatic nitrogens is 1. The number of nitrogens with two attached hydrogens (primary N) is 1. The number of nitrogens with one attached hydrogen (secondary N) is 1. The predicted octanol–water partition coefficient (Wildman–Crippen LogP) is 0.587. The van der Waals surface area contributed by atoms with Crippen molar-refractivity contribution in [3.63, 3.8) is 0 Å². The summed E-state index contributed by atoms with van der Waals surface area (Å²) in [5.74, 6) is -1.32. The van der Waals surface area contributed by atoms with Gasteiger partial charge in [-0.15, -0.1) is 0 Å². The molecule has 2 rings (SSSR count). The number of anilines is 2. The molecular weight excluding hydrogens is 300 g/mol. The van der Waals surface area contributed by atoms with Crippen LogP contribution in [0.2, 0.25) is 0 Å². The molecule has 1 aliphatic heterocycles. The number of hydrogen-bond donors (Lipinski definition) is 3. The summed E-state index contributed by atoms with van der Waals surface area (Å²) in [6.07, 6.45) is 2.81. The highest BCUT2D eigenvalue weighted by Crippen LogP contribution is 2.23. The smallest absolute Gasteiger partial charge is 0.303 e. The largest absolute Gasteiger partial charge is 0.481 e. The lowest BCUT2D eigenvalue weighted by Crippen LogP contribution is -2.38. The normalized spacial score (nSPS) is 15.2. The monoisotopic (exact) mass is 320 g/mol. The zero-order chi connectivity index (χ0) is 16.8. The van der Waals surface area contributed by atoms with E-state index in [9.17, 15) is 14.4 Å². The maximum Gasteiger partial charge on any atom is 0.303 e. The van der Waals surface area contributed by atoms with E-state index in [1.807, 2.05) is 6.07 Å². The summed E-state index contributed by atoms with van der Waals surface area (Å²) in [7, 11) is 0. The molecule has 1 aromatic heterocycles. The van der Waals surface area contributed by atoms with Crippen LogP contribution in [0.15, 0.2) is 18.3 Å². The number of nitrogens with zero attached hydrogens (tertiary/aromatic N) is 2. The molecule has 2 heterocycles. The maximum absolute atomic E-state index is 11.5. The SMILES string of the molecule is NC(=O)C1CCN(c2ccc(NC(=O)CCC(=O)O)nc2)CC1. The van der Waals surface area contributed by atoms with Crippen molar-refractivity contribution in [3.8, 4) is 0 Å². The van der Waals surface area contributed by atoms with Crippen LogP contribution in [0.5, 0.6) is 0 Å². The molecule has 23 heavy (non-hydrogen) atoms. The van der Waals surface area contributed by atoms with Crippen molar-refractivity contribution >= 4 is 29.3 Å². The number of piperidine rings is 1. The fourth-order valence-corrected chi connectivity index (χ4v) is 2.50. The summed E-state index contributed by atoms with van der Waals surface area (Å²) in [6.45, 7) is 1.47. The summed E-state index contributed by atoms with van der Waals surface area (Å²) in [6, 6.07) is 3.51. The van der Waals surface area contributed by atoms with Crippen LogP contribution in [0.4, 0.5) is 11.5 Å². The molecule has 0 saturated carbocycles. The summed E-state index contributed by atoms with van der Waals surface area (Å²) in [5, 5.41) is 11.1. The van der Waals surface area contributed by atoms with Gasteiger partial charge in [-0.3, -0.25) is 14.4 Å². The average Bonchev–Trinajstić information content (AvgIpc) is 2.54. The third-order valence-corrected chi connectivity index (χ3v) is 3.84. The first-order chi connectivity index (χ1) is 11.0. The highest BCUT2D eigenvalue weighted by molar-refractivity contribution is 5.91. The molecule has 0 aromatic carbocycles. The summed E-state index contributed by atoms with van der Waals surface area (Å²) in [4.78, 5) is 39.4. The molecule has 0 bridgehead atoms. The molecule has 8 nitrogen and oxygen atoms in total. The molecular formula is C15H20N4O4. The maximum atomic E-state index is 11.5. The first kappa shape index (κ1) is 16.7. The van der Waals surface area contributed by atoms with E-state index in [1.165, 1.54) is 0 Å². The second-order valence-electron chi connectivity index (χ2n) is 5.51. The van der Waals surface area contributed by atoms with Gasteiger partial charge in [-0.25, -0.2) is 4.98 Å². The van der Waals surface area contributed by atoms with E-state index in [0.717, 1.165) is 31.6 Å². The fraction of sp³-hybridized carbons (Fsp3) is 0.467. The van der Waals surface area contributed by atoms with Gasteiger partial charge in [0, 0.05) is 25.4 Å². The Hall–Kier alpha value is -2.64. The zero-order valence-electron chi connectivity index (χ0n) is 12.7. The minimum atomic E-state index is -1.01. The van der Waals surface area contributed by atoms with Crippen LogP contribution >= 0.6 is 0 Å². The van der Waals surface area contributed by atoms with Crippen LogP contribution in [0, 0.1) is 5.92 Å². The Kier molecular flexibility index (Phi) is 5.51. The van der Waals surface area contributed by atoms with E-state index >= 15 is 0 Å². The van der Waals surface area contributed by atoms with Crippen LogP contribution < -0.4 is 16.0 Å². The van der Waals surface area contributed by atoms with Gasteiger partial charge in [0.15, 0.2) is 0 Å². The Morgan fingerprint density at radius 3 is 2.48 bits per heavy atom. The third kappa shape index (κ3) is 4.94. The number of amides is 2. The minimum absolute atomic E-state index is 0.0630. The van der Waals surface area contributed by atoms with Gasteiger partial charge >= 0.3 is 5.97 Å². The molecule has 8 heteroatoms. The average molecular weight is 320 g/mol. The Labute approximate surface area is 133 Å². The Bertz CT molecular complexity index is 580. The number of aliphatic carboxylic acids is 1. The lowest BCUT2D eigenvalue weighted by Gasteiger charge is -2.32. The molecule has 0 unspecified atom stereocenters. The Morgan fingerprint density at radius 1 is 1.26 bits per heavy atom. The lowest BCUT2D eigenvalue weighted by atomic mass is 9.96. The van der Waals surface area contributed by atoms with Gasteiger partial charge in [-0.2, -0.15) is 0 Å². The number of rotatable bonds is 6. The number of carboxylic acids is 1. The number of carboxylic acid groups (broad SMARTS) is 1. The van der Waals surface area contributed by atoms with E-state index in [0.29, 0.717) is 5.82 Å². The molecule has 1 fully saturated rings. The number of carbonyl (C=O) groups is 3. The van der Waals surface area contributed by atoms with E-state index < -0.39 is 5.97 Å². The second-order valence-corrected chi connectivity index (χ2v) is 5.51. The number of hydrogen-bond acceptors (Lipinski definition) is 5. The number of pyridine rings is 1. The van der Waals surface area contributed by atoms with Crippen LogP contribution in [0.1, 0.15) is 25.7 Å². The minimum Gasteiger partial charge on any atom is -0.481 e. The molecule has 4 N–H and O–H groups in total. The number of primary amides is 1. The van der Waals surface area contributed by atoms with Gasteiger partial charge in [0.05, 0.1) is 18.3 Å². The first-order valence-corrected chi connectivity index (χ1v) is 7.47. The van der Waals surface area contributed by atoms with Crippen molar-refractivity contribution in [2.75, 3.05) is 23.3 Å². The molecule has 0 radical (unpaired) electrons. The van der Waals surface area contributed by atoms with Crippen molar-refractivity contribution < 1.29 is 19.5 Å². The third-order valence-electron chi connectivity index (χ3n) is 3.84. The summed E-state index contributed by atoms with van der Waals surface area (Å²) in [5.41, 5.74) is 6.23. The first-order valence-electron chi connectivity index (χ1n) is 7.47. The van der Waals surface area contributed by atoms with Gasteiger partial charge < -0.3 is 21.1 Å². The highest BCUT2D eigenvalue weighted by atomic mass is 16.4. The van der Waals surface area contributed by atoms with E-state index in [1.54, 1.807) is 12.3 Å². The molecule has 0 aliphatic carbocycles. The standard InChI is InChI=1S/C15H20N4O4/c16-15(23)10-5-7-19(8-6-10)11-1-2-12(17-9-11)18-13(20)3-4-14(21)22/h1-2,9-10H,3-8H2,(H2,16,23)(H,21,22)(H,17,18,20). The second kappa shape index (κ2) is 7.57. The van der Waals surface area contributed by atoms with Crippen molar-refractivity contribution in [2.24, 2.45) is 11.7 Å². The van der Waals surface area contributed by atoms with Gasteiger partial charge in [0.25, 0.3) is 0 Å². The molecule has 1 aromatic rings. The van der Waals surface area contributed by atoms with E-state index in [-0.39, 0.29) is 30.6 Å². The molecule has 124 valence electrons. The van der Waals surface area contributed by atoms with Gasteiger partial charge in [-0.05, 0) is 25.0 Å². The molecule has 2 amide bonds. The zero-order valence-corrected chi connectivity index (χ0v) is 12.7.